The van der Waals surface area contributed by atoms with Crippen LogP contribution in [-0.4, -0.2) is 28.8 Å². The Morgan fingerprint density at radius 2 is 1.65 bits per heavy atom. The van der Waals surface area contributed by atoms with Gasteiger partial charge in [0.05, 0.1) is 0 Å². The summed E-state index contributed by atoms with van der Waals surface area (Å²) in [7, 11) is 0. The Morgan fingerprint density at radius 1 is 1.13 bits per heavy atom. The zero-order chi connectivity index (χ0) is 17.9. The molecule has 1 aromatic rings. The number of carboxylic acid groups (broad SMARTS) is 1. The second-order valence-electron chi connectivity index (χ2n) is 6.04. The van der Waals surface area contributed by atoms with Crippen LogP contribution in [0.15, 0.2) is 12.1 Å². The van der Waals surface area contributed by atoms with Gasteiger partial charge in [0.1, 0.15) is 17.3 Å². The Balaban J connectivity index is 3.06. The molecule has 0 aliphatic heterocycles. The number of rotatable bonds is 4. The van der Waals surface area contributed by atoms with Crippen molar-refractivity contribution in [3.63, 3.8) is 0 Å². The molecule has 1 unspecified atom stereocenters. The second-order valence-corrected chi connectivity index (χ2v) is 6.04. The number of alkyl carbamates (subject to hydrolysis) is 1. The summed E-state index contributed by atoms with van der Waals surface area (Å²) < 4.78 is 45.0. The normalized spacial score (nSPS) is 14.0. The third-order valence-corrected chi connectivity index (χ3v) is 2.89. The molecule has 0 aromatic heterocycles. The summed E-state index contributed by atoms with van der Waals surface area (Å²) in [6, 6.07) is -0.390. The van der Waals surface area contributed by atoms with Crippen molar-refractivity contribution in [2.45, 2.75) is 45.3 Å². The van der Waals surface area contributed by atoms with Crippen LogP contribution in [0.2, 0.25) is 0 Å². The van der Waals surface area contributed by atoms with Gasteiger partial charge in [0, 0.05) is 17.7 Å². The van der Waals surface area contributed by atoms with Crippen molar-refractivity contribution in [1.82, 2.24) is 5.32 Å². The van der Waals surface area contributed by atoms with Crippen LogP contribution < -0.4 is 5.32 Å². The number of carboxylic acids is 1. The Kier molecular flexibility index (Phi) is 5.63. The first-order chi connectivity index (χ1) is 10.4. The number of hydrogen-bond acceptors (Lipinski definition) is 3. The van der Waals surface area contributed by atoms with E-state index in [1.54, 1.807) is 20.8 Å². The third-order valence-electron chi connectivity index (χ3n) is 2.89. The maximum Gasteiger partial charge on any atom is 0.407 e. The molecule has 1 rings (SSSR count). The molecule has 2 N–H and O–H groups in total. The summed E-state index contributed by atoms with van der Waals surface area (Å²) in [5.74, 6) is -7.13. The first-order valence-corrected chi connectivity index (χ1v) is 6.79. The molecule has 8 heteroatoms. The molecule has 0 saturated carbocycles. The number of benzene rings is 1. The molecule has 5 nitrogen and oxygen atoms in total. The zero-order valence-electron chi connectivity index (χ0n) is 13.1. The molecule has 2 atom stereocenters. The molecule has 0 fully saturated rings. The Labute approximate surface area is 131 Å². The topological polar surface area (TPSA) is 75.6 Å². The van der Waals surface area contributed by atoms with Gasteiger partial charge in [-0.15, -0.1) is 0 Å². The fraction of sp³-hybridized carbons (Fsp3) is 0.467. The highest BCUT2D eigenvalue weighted by Gasteiger charge is 2.32. The zero-order valence-corrected chi connectivity index (χ0v) is 13.1. The largest absolute Gasteiger partial charge is 0.481 e. The van der Waals surface area contributed by atoms with E-state index in [9.17, 15) is 27.9 Å². The van der Waals surface area contributed by atoms with Gasteiger partial charge in [-0.2, -0.15) is 0 Å². The molecule has 0 heterocycles. The fourth-order valence-corrected chi connectivity index (χ4v) is 1.97. The predicted octanol–water partition coefficient (Wildman–Crippen LogP) is 3.19. The van der Waals surface area contributed by atoms with Gasteiger partial charge in [-0.3, -0.25) is 4.79 Å². The van der Waals surface area contributed by atoms with E-state index in [0.29, 0.717) is 6.07 Å². The van der Waals surface area contributed by atoms with E-state index in [1.807, 2.05) is 0 Å². The first-order valence-electron chi connectivity index (χ1n) is 6.79. The van der Waals surface area contributed by atoms with Gasteiger partial charge in [0.15, 0.2) is 11.6 Å². The monoisotopic (exact) mass is 333 g/mol. The maximum atomic E-state index is 13.8. The van der Waals surface area contributed by atoms with E-state index < -0.39 is 52.6 Å². The highest BCUT2D eigenvalue weighted by atomic mass is 19.2. The van der Waals surface area contributed by atoms with Gasteiger partial charge in [-0.05, 0) is 33.8 Å². The van der Waals surface area contributed by atoms with Crippen LogP contribution in [0, 0.1) is 17.5 Å². The Bertz CT molecular complexity index is 613. The number of halogens is 3. The lowest BCUT2D eigenvalue weighted by Crippen LogP contribution is -2.43. The van der Waals surface area contributed by atoms with Crippen molar-refractivity contribution in [3.05, 3.63) is 35.1 Å². The van der Waals surface area contributed by atoms with Crippen LogP contribution in [-0.2, 0) is 9.53 Å². The number of carbonyl (C=O) groups is 2. The molecular weight excluding hydrogens is 315 g/mol. The van der Waals surface area contributed by atoms with Crippen LogP contribution in [0.1, 0.15) is 39.2 Å². The average molecular weight is 333 g/mol. The van der Waals surface area contributed by atoms with E-state index >= 15 is 0 Å². The number of carbonyl (C=O) groups excluding carboxylic acids is 1. The van der Waals surface area contributed by atoms with Crippen molar-refractivity contribution < 1.29 is 32.6 Å². The number of nitrogens with one attached hydrogen (secondary N) is 1. The van der Waals surface area contributed by atoms with E-state index in [4.69, 9.17) is 4.74 Å². The smallest absolute Gasteiger partial charge is 0.407 e. The van der Waals surface area contributed by atoms with Gasteiger partial charge >= 0.3 is 12.1 Å². The van der Waals surface area contributed by atoms with Crippen LogP contribution in [0.25, 0.3) is 0 Å². The third kappa shape index (κ3) is 5.15. The van der Waals surface area contributed by atoms with Crippen molar-refractivity contribution in [2.24, 2.45) is 0 Å². The fourth-order valence-electron chi connectivity index (χ4n) is 1.97. The summed E-state index contributed by atoms with van der Waals surface area (Å²) in [5, 5.41) is 11.5. The van der Waals surface area contributed by atoms with Gasteiger partial charge < -0.3 is 15.2 Å². The standard InChI is InChI=1S/C15H18F3NO4/c1-7(19-14(22)23-15(2,3)4)12(13(20)21)8-5-10(17)11(18)6-9(8)16/h5-7,12H,1-4H3,(H,19,22)(H,20,21)/t7?,12-/m0/s1. The maximum absolute atomic E-state index is 13.8. The molecule has 0 aliphatic rings. The molecular formula is C15H18F3NO4. The minimum atomic E-state index is -1.61. The van der Waals surface area contributed by atoms with Gasteiger partial charge in [-0.1, -0.05) is 0 Å². The number of amides is 1. The van der Waals surface area contributed by atoms with E-state index in [2.05, 4.69) is 5.32 Å². The second kappa shape index (κ2) is 6.89. The van der Waals surface area contributed by atoms with Crippen molar-refractivity contribution in [1.29, 1.82) is 0 Å². The van der Waals surface area contributed by atoms with Gasteiger partial charge in [-0.25, -0.2) is 18.0 Å². The minimum absolute atomic E-state index is 0.265. The molecule has 1 aromatic carbocycles. The van der Waals surface area contributed by atoms with Gasteiger partial charge in [0.2, 0.25) is 0 Å². The molecule has 128 valence electrons. The molecule has 0 saturated heterocycles. The first kappa shape index (κ1) is 18.8. The number of aliphatic carboxylic acids is 1. The molecule has 1 amide bonds. The Hall–Kier alpha value is -2.25. The molecule has 0 aliphatic carbocycles. The lowest BCUT2D eigenvalue weighted by molar-refractivity contribution is -0.139. The lowest BCUT2D eigenvalue weighted by atomic mass is 9.92. The average Bonchev–Trinajstić information content (AvgIpc) is 2.32. The van der Waals surface area contributed by atoms with Crippen LogP contribution in [0.3, 0.4) is 0 Å². The summed E-state index contributed by atoms with van der Waals surface area (Å²) in [5.41, 5.74) is -1.38. The minimum Gasteiger partial charge on any atom is -0.481 e. The summed E-state index contributed by atoms with van der Waals surface area (Å²) >= 11 is 0. The van der Waals surface area contributed by atoms with E-state index in [-0.39, 0.29) is 6.07 Å². The predicted molar refractivity (Wildman–Crippen MR) is 75.5 cm³/mol. The highest BCUT2D eigenvalue weighted by Crippen LogP contribution is 2.26. The van der Waals surface area contributed by atoms with E-state index in [0.717, 1.165) is 0 Å². The summed E-state index contributed by atoms with van der Waals surface area (Å²) in [6.45, 7) is 6.13. The van der Waals surface area contributed by atoms with Crippen LogP contribution in [0.5, 0.6) is 0 Å². The van der Waals surface area contributed by atoms with E-state index in [1.165, 1.54) is 6.92 Å². The van der Waals surface area contributed by atoms with Crippen molar-refractivity contribution in [2.75, 3.05) is 0 Å². The SMILES string of the molecule is CC(NC(=O)OC(C)(C)C)[C@H](C(=O)O)c1cc(F)c(F)cc1F. The molecule has 0 bridgehead atoms. The van der Waals surface area contributed by atoms with Crippen LogP contribution >= 0.6 is 0 Å². The number of hydrogen-bond donors (Lipinski definition) is 2. The lowest BCUT2D eigenvalue weighted by Gasteiger charge is -2.25. The summed E-state index contributed by atoms with van der Waals surface area (Å²) in [6.07, 6.45) is -0.903. The Morgan fingerprint density at radius 3 is 2.13 bits per heavy atom. The molecule has 23 heavy (non-hydrogen) atoms. The summed E-state index contributed by atoms with van der Waals surface area (Å²) in [4.78, 5) is 23.1. The molecule has 0 radical (unpaired) electrons. The van der Waals surface area contributed by atoms with Gasteiger partial charge in [0.25, 0.3) is 0 Å². The molecule has 0 spiro atoms. The van der Waals surface area contributed by atoms with Crippen LogP contribution in [0.4, 0.5) is 18.0 Å². The van der Waals surface area contributed by atoms with Crippen molar-refractivity contribution in [3.8, 4) is 0 Å². The number of ether oxygens (including phenoxy) is 1. The highest BCUT2D eigenvalue weighted by molar-refractivity contribution is 5.78. The van der Waals surface area contributed by atoms with Crippen molar-refractivity contribution >= 4 is 12.1 Å². The quantitative estimate of drug-likeness (QED) is 0.830.